The summed E-state index contributed by atoms with van der Waals surface area (Å²) >= 11 is 12.2. The first-order valence-electron chi connectivity index (χ1n) is 16.3. The lowest BCUT2D eigenvalue weighted by atomic mass is 10.1. The Labute approximate surface area is 297 Å². The van der Waals surface area contributed by atoms with Crippen molar-refractivity contribution in [2.24, 2.45) is 0 Å². The molecule has 9 nitrogen and oxygen atoms in total. The third-order valence-electron chi connectivity index (χ3n) is 8.65. The first-order valence-corrected chi connectivity index (χ1v) is 18.5. The van der Waals surface area contributed by atoms with Crippen molar-refractivity contribution < 1.29 is 27.5 Å². The van der Waals surface area contributed by atoms with E-state index in [-0.39, 0.29) is 29.7 Å². The lowest BCUT2D eigenvalue weighted by Gasteiger charge is -2.36. The smallest absolute Gasteiger partial charge is 0.338 e. The molecule has 6 rings (SSSR count). The van der Waals surface area contributed by atoms with Crippen molar-refractivity contribution >= 4 is 56.5 Å². The van der Waals surface area contributed by atoms with Crippen molar-refractivity contribution in [1.29, 1.82) is 0 Å². The van der Waals surface area contributed by atoms with Crippen molar-refractivity contribution in [3.63, 3.8) is 0 Å². The molecule has 0 unspecified atom stereocenters. The highest BCUT2D eigenvalue weighted by Crippen LogP contribution is 2.40. The standard InChI is InChI=1S/C37H37Cl2N3O6S/c1-2-47-37(44)28-8-12-29(13-9-28)40-20-22-41(23-21-40)36(43)18-19-42(49(45,46)33-15-10-27(11-16-33)26-6-7-26)30-4-3-5-31(24-30)48-32-14-17-34(38)35(39)25-32/h3-5,8-17,24-26H,2,6-7,18-23H2,1H3. The molecule has 1 saturated carbocycles. The largest absolute Gasteiger partial charge is 0.462 e. The van der Waals surface area contributed by atoms with Gasteiger partial charge in [0.25, 0.3) is 10.0 Å². The van der Waals surface area contributed by atoms with Crippen molar-refractivity contribution in [1.82, 2.24) is 4.90 Å². The minimum absolute atomic E-state index is 0.00843. The molecule has 1 amide bonds. The monoisotopic (exact) mass is 721 g/mol. The molecule has 256 valence electrons. The van der Waals surface area contributed by atoms with Crippen LogP contribution in [0, 0.1) is 0 Å². The zero-order valence-electron chi connectivity index (χ0n) is 27.1. The van der Waals surface area contributed by atoms with Crippen molar-refractivity contribution in [3.05, 3.63) is 112 Å². The number of halogens is 2. The van der Waals surface area contributed by atoms with Gasteiger partial charge in [0, 0.05) is 57.0 Å². The molecule has 49 heavy (non-hydrogen) atoms. The van der Waals surface area contributed by atoms with Gasteiger partial charge in [0.05, 0.1) is 32.8 Å². The fourth-order valence-corrected chi connectivity index (χ4v) is 7.56. The number of anilines is 2. The molecule has 4 aromatic carbocycles. The summed E-state index contributed by atoms with van der Waals surface area (Å²) in [6.45, 7) is 4.21. The van der Waals surface area contributed by atoms with Crippen LogP contribution in [0.2, 0.25) is 10.0 Å². The number of amides is 1. The summed E-state index contributed by atoms with van der Waals surface area (Å²) in [5.74, 6) is 0.843. The minimum atomic E-state index is -4.04. The lowest BCUT2D eigenvalue weighted by Crippen LogP contribution is -2.49. The summed E-state index contributed by atoms with van der Waals surface area (Å²) in [5, 5.41) is 0.726. The Hall–Kier alpha value is -4.25. The Bertz CT molecular complexity index is 1910. The summed E-state index contributed by atoms with van der Waals surface area (Å²) in [6, 6.07) is 25.9. The van der Waals surface area contributed by atoms with E-state index in [4.69, 9.17) is 32.7 Å². The molecule has 2 aliphatic rings. The highest BCUT2D eigenvalue weighted by atomic mass is 35.5. The summed E-state index contributed by atoms with van der Waals surface area (Å²) in [7, 11) is -4.04. The molecular formula is C37H37Cl2N3O6S. The average molecular weight is 723 g/mol. The number of hydrogen-bond donors (Lipinski definition) is 0. The topological polar surface area (TPSA) is 96.5 Å². The minimum Gasteiger partial charge on any atom is -0.462 e. The maximum Gasteiger partial charge on any atom is 0.338 e. The Morgan fingerprint density at radius 2 is 1.53 bits per heavy atom. The second-order valence-electron chi connectivity index (χ2n) is 12.0. The van der Waals surface area contributed by atoms with E-state index < -0.39 is 10.0 Å². The maximum absolute atomic E-state index is 14.2. The normalized spacial score (nSPS) is 14.8. The Morgan fingerprint density at radius 3 is 2.18 bits per heavy atom. The van der Waals surface area contributed by atoms with Gasteiger partial charge in [-0.3, -0.25) is 9.10 Å². The number of nitrogens with zero attached hydrogens (tertiary/aromatic N) is 3. The summed E-state index contributed by atoms with van der Waals surface area (Å²) in [5.41, 5.74) is 2.94. The number of sulfonamides is 1. The molecule has 1 heterocycles. The van der Waals surface area contributed by atoms with E-state index in [1.54, 1.807) is 78.6 Å². The van der Waals surface area contributed by atoms with Gasteiger partial charge in [0.1, 0.15) is 11.5 Å². The van der Waals surface area contributed by atoms with Crippen LogP contribution in [0.4, 0.5) is 11.4 Å². The van der Waals surface area contributed by atoms with Gasteiger partial charge in [-0.25, -0.2) is 13.2 Å². The van der Waals surface area contributed by atoms with Crippen LogP contribution in [0.5, 0.6) is 11.5 Å². The Morgan fingerprint density at radius 1 is 0.837 bits per heavy atom. The van der Waals surface area contributed by atoms with E-state index in [0.29, 0.717) is 71.5 Å². The van der Waals surface area contributed by atoms with Gasteiger partial charge >= 0.3 is 5.97 Å². The van der Waals surface area contributed by atoms with Crippen LogP contribution in [-0.2, 0) is 19.6 Å². The molecule has 0 atom stereocenters. The van der Waals surface area contributed by atoms with Gasteiger partial charge in [-0.1, -0.05) is 41.4 Å². The highest BCUT2D eigenvalue weighted by Gasteiger charge is 2.29. The number of rotatable bonds is 12. The predicted octanol–water partition coefficient (Wildman–Crippen LogP) is 7.77. The molecule has 1 saturated heterocycles. The van der Waals surface area contributed by atoms with Crippen molar-refractivity contribution in [2.75, 3.05) is 48.5 Å². The molecule has 2 fully saturated rings. The van der Waals surface area contributed by atoms with E-state index in [2.05, 4.69) is 4.90 Å². The molecular weight excluding hydrogens is 685 g/mol. The number of benzene rings is 4. The van der Waals surface area contributed by atoms with Gasteiger partial charge in [0.2, 0.25) is 5.91 Å². The highest BCUT2D eigenvalue weighted by molar-refractivity contribution is 7.92. The SMILES string of the molecule is CCOC(=O)c1ccc(N2CCN(C(=O)CCN(c3cccc(Oc4ccc(Cl)c(Cl)c4)c3)S(=O)(=O)c3ccc(C4CC4)cc3)CC2)cc1. The molecule has 12 heteroatoms. The van der Waals surface area contributed by atoms with Crippen LogP contribution in [0.25, 0.3) is 0 Å². The molecule has 0 radical (unpaired) electrons. The lowest BCUT2D eigenvalue weighted by molar-refractivity contribution is -0.131. The van der Waals surface area contributed by atoms with E-state index >= 15 is 0 Å². The van der Waals surface area contributed by atoms with Crippen LogP contribution in [0.3, 0.4) is 0 Å². The molecule has 0 N–H and O–H groups in total. The van der Waals surface area contributed by atoms with Gasteiger partial charge < -0.3 is 19.3 Å². The summed E-state index contributed by atoms with van der Waals surface area (Å²) in [4.78, 5) is 29.6. The quantitative estimate of drug-likeness (QED) is 0.138. The van der Waals surface area contributed by atoms with Gasteiger partial charge in [-0.2, -0.15) is 0 Å². The number of carbonyl (C=O) groups is 2. The van der Waals surface area contributed by atoms with Crippen molar-refractivity contribution in [2.45, 2.75) is 37.0 Å². The zero-order chi connectivity index (χ0) is 34.5. The fraction of sp³-hybridized carbons (Fsp3) is 0.297. The second-order valence-corrected chi connectivity index (χ2v) is 14.7. The number of piperazine rings is 1. The second kappa shape index (κ2) is 15.1. The molecule has 4 aromatic rings. The fourth-order valence-electron chi connectivity index (χ4n) is 5.81. The third kappa shape index (κ3) is 8.32. The van der Waals surface area contributed by atoms with E-state index in [0.717, 1.165) is 24.1 Å². The Kier molecular flexibility index (Phi) is 10.7. The van der Waals surface area contributed by atoms with Crippen LogP contribution < -0.4 is 13.9 Å². The third-order valence-corrected chi connectivity index (χ3v) is 11.2. The van der Waals surface area contributed by atoms with Crippen LogP contribution >= 0.6 is 23.2 Å². The number of carbonyl (C=O) groups excluding carboxylic acids is 2. The molecule has 0 aromatic heterocycles. The molecule has 1 aliphatic carbocycles. The zero-order valence-corrected chi connectivity index (χ0v) is 29.4. The number of ether oxygens (including phenoxy) is 2. The van der Waals surface area contributed by atoms with E-state index in [9.17, 15) is 18.0 Å². The molecule has 1 aliphatic heterocycles. The first-order chi connectivity index (χ1) is 23.6. The number of hydrogen-bond acceptors (Lipinski definition) is 7. The van der Waals surface area contributed by atoms with Gasteiger partial charge in [-0.05, 0) is 91.9 Å². The summed E-state index contributed by atoms with van der Waals surface area (Å²) in [6.07, 6.45) is 2.22. The van der Waals surface area contributed by atoms with Gasteiger partial charge in [0.15, 0.2) is 0 Å². The maximum atomic E-state index is 14.2. The number of esters is 1. The predicted molar refractivity (Wildman–Crippen MR) is 192 cm³/mol. The van der Waals surface area contributed by atoms with E-state index in [1.807, 2.05) is 24.3 Å². The average Bonchev–Trinajstić information content (AvgIpc) is 3.96. The van der Waals surface area contributed by atoms with Crippen molar-refractivity contribution in [3.8, 4) is 11.5 Å². The Balaban J connectivity index is 1.16. The van der Waals surface area contributed by atoms with Gasteiger partial charge in [-0.15, -0.1) is 0 Å². The van der Waals surface area contributed by atoms with Crippen LogP contribution in [0.15, 0.2) is 95.9 Å². The summed E-state index contributed by atoms with van der Waals surface area (Å²) < 4.78 is 40.7. The van der Waals surface area contributed by atoms with Crippen LogP contribution in [0.1, 0.15) is 48.0 Å². The molecule has 0 bridgehead atoms. The molecule has 0 spiro atoms. The van der Waals surface area contributed by atoms with E-state index in [1.165, 1.54) is 4.31 Å². The van der Waals surface area contributed by atoms with Crippen LogP contribution in [-0.4, -0.2) is 64.5 Å². The first kappa shape index (κ1) is 34.6.